The van der Waals surface area contributed by atoms with Crippen molar-refractivity contribution in [1.82, 2.24) is 19.7 Å². The van der Waals surface area contributed by atoms with E-state index < -0.39 is 30.1 Å². The lowest BCUT2D eigenvalue weighted by molar-refractivity contribution is -0.146. The van der Waals surface area contributed by atoms with Gasteiger partial charge in [-0.15, -0.1) is 0 Å². The zero-order valence-corrected chi connectivity index (χ0v) is 17.7. The van der Waals surface area contributed by atoms with Crippen LogP contribution in [0.5, 0.6) is 0 Å². The fourth-order valence-corrected chi connectivity index (χ4v) is 4.08. The van der Waals surface area contributed by atoms with Gasteiger partial charge in [0.25, 0.3) is 0 Å². The number of rotatable bonds is 5. The minimum absolute atomic E-state index is 0.178. The van der Waals surface area contributed by atoms with Gasteiger partial charge >= 0.3 is 18.0 Å². The molecule has 1 unspecified atom stereocenters. The van der Waals surface area contributed by atoms with Crippen molar-refractivity contribution in [3.63, 3.8) is 0 Å². The Labute approximate surface area is 189 Å². The number of anilines is 1. The molecule has 2 aliphatic heterocycles. The number of esters is 1. The Balaban J connectivity index is 1.45. The van der Waals surface area contributed by atoms with E-state index in [2.05, 4.69) is 10.4 Å². The summed E-state index contributed by atoms with van der Waals surface area (Å²) in [6.45, 7) is 0.393. The molecule has 0 spiro atoms. The van der Waals surface area contributed by atoms with E-state index in [4.69, 9.17) is 9.57 Å². The van der Waals surface area contributed by atoms with Crippen molar-refractivity contribution in [2.75, 3.05) is 19.0 Å². The van der Waals surface area contributed by atoms with Crippen LogP contribution in [0.2, 0.25) is 0 Å². The van der Waals surface area contributed by atoms with Gasteiger partial charge in [-0.05, 0) is 17.7 Å². The fourth-order valence-electron chi connectivity index (χ4n) is 4.08. The van der Waals surface area contributed by atoms with Crippen molar-refractivity contribution >= 4 is 23.7 Å². The van der Waals surface area contributed by atoms with Crippen LogP contribution < -0.4 is 5.32 Å². The molecule has 168 valence electrons. The largest absolute Gasteiger partial charge is 0.467 e. The third kappa shape index (κ3) is 3.70. The van der Waals surface area contributed by atoms with Crippen LogP contribution in [0.15, 0.2) is 66.9 Å². The first kappa shape index (κ1) is 20.7. The molecule has 2 aliphatic rings. The van der Waals surface area contributed by atoms with Crippen LogP contribution in [-0.4, -0.2) is 51.4 Å². The molecule has 1 aromatic heterocycles. The van der Waals surface area contributed by atoms with E-state index in [0.29, 0.717) is 16.9 Å². The maximum absolute atomic E-state index is 13.1. The predicted octanol–water partition coefficient (Wildman–Crippen LogP) is 3.10. The summed E-state index contributed by atoms with van der Waals surface area (Å²) in [6.07, 6.45) is 1.53. The van der Waals surface area contributed by atoms with Crippen molar-refractivity contribution in [3.8, 4) is 0 Å². The van der Waals surface area contributed by atoms with Crippen LogP contribution in [0.3, 0.4) is 0 Å². The van der Waals surface area contributed by atoms with Gasteiger partial charge in [0.1, 0.15) is 18.3 Å². The number of urea groups is 1. The number of nitrogens with one attached hydrogen (secondary N) is 1. The first-order valence-corrected chi connectivity index (χ1v) is 10.4. The molecule has 2 atom stereocenters. The molecule has 3 heterocycles. The van der Waals surface area contributed by atoms with Gasteiger partial charge in [-0.3, -0.25) is 4.84 Å². The monoisotopic (exact) mass is 447 g/mol. The number of hydrogen-bond acceptors (Lipinski definition) is 6. The van der Waals surface area contributed by atoms with Gasteiger partial charge in [0.05, 0.1) is 13.7 Å². The van der Waals surface area contributed by atoms with Crippen molar-refractivity contribution in [2.45, 2.75) is 18.7 Å². The number of methoxy groups -OCH3 is 1. The van der Waals surface area contributed by atoms with E-state index in [-0.39, 0.29) is 13.2 Å². The molecule has 5 rings (SSSR count). The Morgan fingerprint density at radius 2 is 1.79 bits per heavy atom. The molecular formula is C23H21N5O5. The summed E-state index contributed by atoms with van der Waals surface area (Å²) in [5.41, 5.74) is 2.35. The zero-order valence-electron chi connectivity index (χ0n) is 17.7. The number of benzene rings is 2. The molecular weight excluding hydrogens is 426 g/mol. The molecule has 33 heavy (non-hydrogen) atoms. The Bertz CT molecular complexity index is 1200. The molecule has 0 radical (unpaired) electrons. The highest BCUT2D eigenvalue weighted by Gasteiger charge is 2.53. The Morgan fingerprint density at radius 1 is 1.09 bits per heavy atom. The van der Waals surface area contributed by atoms with Gasteiger partial charge in [-0.25, -0.2) is 14.4 Å². The van der Waals surface area contributed by atoms with Gasteiger partial charge in [0.15, 0.2) is 6.04 Å². The minimum Gasteiger partial charge on any atom is -0.467 e. The molecule has 1 N–H and O–H groups in total. The Hall–Kier alpha value is -4.18. The zero-order chi connectivity index (χ0) is 22.9. The normalized spacial score (nSPS) is 18.8. The van der Waals surface area contributed by atoms with E-state index in [1.54, 1.807) is 24.3 Å². The molecule has 2 aromatic carbocycles. The molecule has 1 fully saturated rings. The van der Waals surface area contributed by atoms with Crippen molar-refractivity contribution < 1.29 is 24.0 Å². The van der Waals surface area contributed by atoms with Crippen LogP contribution in [0.25, 0.3) is 0 Å². The topological polar surface area (TPSA) is 106 Å². The number of ether oxygens (including phenoxy) is 1. The molecule has 1 saturated heterocycles. The summed E-state index contributed by atoms with van der Waals surface area (Å²) in [6, 6.07) is 15.9. The molecule has 10 heteroatoms. The SMILES string of the molecule is COC(=O)C1c2nn(C(=O)Nc3ccccc3)cc2[C@H]2CN1C(=O)N2OCc1ccccc1. The lowest BCUT2D eigenvalue weighted by Gasteiger charge is -2.27. The number of aromatic nitrogens is 2. The summed E-state index contributed by atoms with van der Waals surface area (Å²) in [5, 5.41) is 8.36. The van der Waals surface area contributed by atoms with Gasteiger partial charge in [-0.2, -0.15) is 14.8 Å². The van der Waals surface area contributed by atoms with Crippen molar-refractivity contribution in [2.24, 2.45) is 0 Å². The van der Waals surface area contributed by atoms with E-state index in [9.17, 15) is 14.4 Å². The van der Waals surface area contributed by atoms with E-state index >= 15 is 0 Å². The number of amides is 3. The second-order valence-corrected chi connectivity index (χ2v) is 7.67. The van der Waals surface area contributed by atoms with E-state index in [0.717, 1.165) is 10.2 Å². The lowest BCUT2D eigenvalue weighted by atomic mass is 9.98. The third-order valence-corrected chi connectivity index (χ3v) is 5.66. The van der Waals surface area contributed by atoms with Crippen molar-refractivity contribution in [3.05, 3.63) is 83.7 Å². The highest BCUT2D eigenvalue weighted by Crippen LogP contribution is 2.44. The number of carbonyl (C=O) groups is 3. The van der Waals surface area contributed by atoms with Crippen LogP contribution in [0.1, 0.15) is 28.9 Å². The van der Waals surface area contributed by atoms with Crippen LogP contribution in [0, 0.1) is 0 Å². The summed E-state index contributed by atoms with van der Waals surface area (Å²) in [5.74, 6) is -0.637. The third-order valence-electron chi connectivity index (χ3n) is 5.66. The van der Waals surface area contributed by atoms with Crippen LogP contribution in [0.4, 0.5) is 15.3 Å². The fraction of sp³-hybridized carbons (Fsp3) is 0.217. The molecule has 10 nitrogen and oxygen atoms in total. The average Bonchev–Trinajstić information content (AvgIpc) is 3.40. The number of fused-ring (bicyclic) bond motifs is 4. The molecule has 3 amide bonds. The maximum atomic E-state index is 13.1. The number of nitrogens with zero attached hydrogens (tertiary/aromatic N) is 4. The molecule has 0 saturated carbocycles. The quantitative estimate of drug-likeness (QED) is 0.603. The Kier molecular flexibility index (Phi) is 5.27. The van der Waals surface area contributed by atoms with E-state index in [1.165, 1.54) is 23.3 Å². The number of carbonyl (C=O) groups excluding carboxylic acids is 3. The predicted molar refractivity (Wildman–Crippen MR) is 116 cm³/mol. The highest BCUT2D eigenvalue weighted by atomic mass is 16.7. The summed E-state index contributed by atoms with van der Waals surface area (Å²) in [4.78, 5) is 45.7. The van der Waals surface area contributed by atoms with Crippen LogP contribution in [-0.2, 0) is 21.0 Å². The number of hydroxylamine groups is 2. The van der Waals surface area contributed by atoms with Crippen molar-refractivity contribution in [1.29, 1.82) is 0 Å². The Morgan fingerprint density at radius 3 is 2.48 bits per heavy atom. The second kappa shape index (κ2) is 8.40. The minimum atomic E-state index is -1.06. The standard InChI is InChI=1S/C23H21N5O5/c1-32-21(29)20-19-17(12-27(25-19)22(30)24-16-10-6-3-7-11-16)18-13-26(20)23(31)28(18)33-14-15-8-4-2-5-9-15/h2-12,18,20H,13-14H2,1H3,(H,24,30)/t18-,20?/m1/s1. The second-order valence-electron chi connectivity index (χ2n) is 7.67. The first-order chi connectivity index (χ1) is 16.1. The van der Waals surface area contributed by atoms with Gasteiger partial charge in [0.2, 0.25) is 0 Å². The van der Waals surface area contributed by atoms with Gasteiger partial charge in [-0.1, -0.05) is 48.5 Å². The summed E-state index contributed by atoms with van der Waals surface area (Å²) < 4.78 is 6.07. The lowest BCUT2D eigenvalue weighted by Crippen LogP contribution is -2.39. The highest BCUT2D eigenvalue weighted by molar-refractivity contribution is 5.91. The average molecular weight is 447 g/mol. The van der Waals surface area contributed by atoms with Crippen LogP contribution >= 0.6 is 0 Å². The maximum Gasteiger partial charge on any atom is 0.346 e. The number of hydrogen-bond donors (Lipinski definition) is 1. The summed E-state index contributed by atoms with van der Waals surface area (Å²) >= 11 is 0. The van der Waals surface area contributed by atoms with E-state index in [1.807, 2.05) is 36.4 Å². The number of para-hydroxylation sites is 1. The molecule has 3 aromatic rings. The molecule has 2 bridgehead atoms. The van der Waals surface area contributed by atoms with Gasteiger partial charge in [0, 0.05) is 17.4 Å². The van der Waals surface area contributed by atoms with Gasteiger partial charge < -0.3 is 15.0 Å². The molecule has 0 aliphatic carbocycles. The summed E-state index contributed by atoms with van der Waals surface area (Å²) in [7, 11) is 1.25. The first-order valence-electron chi connectivity index (χ1n) is 10.4. The smallest absolute Gasteiger partial charge is 0.346 e.